The Morgan fingerprint density at radius 2 is 2.33 bits per heavy atom. The van der Waals surface area contributed by atoms with Gasteiger partial charge in [0, 0.05) is 12.7 Å². The lowest BCUT2D eigenvalue weighted by Gasteiger charge is -2.15. The Morgan fingerprint density at radius 1 is 1.58 bits per heavy atom. The molecule has 2 heteroatoms. The van der Waals surface area contributed by atoms with Crippen molar-refractivity contribution in [2.75, 3.05) is 0 Å². The van der Waals surface area contributed by atoms with E-state index in [0.717, 1.165) is 0 Å². The number of nitriles is 1. The van der Waals surface area contributed by atoms with Gasteiger partial charge in [-0.05, 0) is 31.4 Å². The number of halogens is 1. The van der Waals surface area contributed by atoms with Crippen LogP contribution in [0.5, 0.6) is 0 Å². The van der Waals surface area contributed by atoms with Crippen molar-refractivity contribution in [1.29, 1.82) is 5.26 Å². The Hall–Kier alpha value is -0.810. The molecule has 0 aliphatic carbocycles. The molecule has 0 spiro atoms. The molecule has 0 aromatic heterocycles. The van der Waals surface area contributed by atoms with E-state index in [4.69, 9.17) is 8.22 Å². The van der Waals surface area contributed by atoms with Crippen LogP contribution in [0.4, 0.5) is 0 Å². The Balaban J connectivity index is 3.64. The summed E-state index contributed by atoms with van der Waals surface area (Å²) in [6.45, 7) is -5.90. The van der Waals surface area contributed by atoms with E-state index in [0.29, 0.717) is 4.47 Å². The molecule has 0 N–H and O–H groups in total. The van der Waals surface area contributed by atoms with Crippen molar-refractivity contribution in [1.82, 2.24) is 0 Å². The van der Waals surface area contributed by atoms with E-state index in [1.165, 1.54) is 24.3 Å². The highest BCUT2D eigenvalue weighted by Gasteiger charge is 2.19. The molecule has 12 heavy (non-hydrogen) atoms. The summed E-state index contributed by atoms with van der Waals surface area (Å²) in [5.41, 5.74) is -2.57. The molecule has 1 aromatic carbocycles. The first-order valence-electron chi connectivity index (χ1n) is 6.23. The van der Waals surface area contributed by atoms with Crippen LogP contribution < -0.4 is 0 Å². The molecule has 0 aliphatic rings. The molecule has 1 rings (SSSR count). The van der Waals surface area contributed by atoms with Gasteiger partial charge in [0.15, 0.2) is 0 Å². The van der Waals surface area contributed by atoms with Crippen LogP contribution in [0.15, 0.2) is 28.7 Å². The number of hydrogen-bond acceptors (Lipinski definition) is 1. The molecule has 0 atom stereocenters. The van der Waals surface area contributed by atoms with Crippen molar-refractivity contribution in [3.63, 3.8) is 0 Å². The summed E-state index contributed by atoms with van der Waals surface area (Å²) in [6, 6.07) is 7.31. The maximum absolute atomic E-state index is 9.21. The molecule has 0 heterocycles. The molecule has 0 bridgehead atoms. The minimum absolute atomic E-state index is 0.0422. The quantitative estimate of drug-likeness (QED) is 0.726. The van der Waals surface area contributed by atoms with Crippen LogP contribution in [0.2, 0.25) is 0 Å². The second kappa shape index (κ2) is 3.28. The van der Waals surface area contributed by atoms with Crippen molar-refractivity contribution < 1.29 is 8.22 Å². The predicted octanol–water partition coefficient (Wildman–Crippen LogP) is 3.25. The van der Waals surface area contributed by atoms with Gasteiger partial charge in [-0.2, -0.15) is 5.26 Å². The molecule has 0 amide bonds. The number of benzene rings is 1. The van der Waals surface area contributed by atoms with E-state index in [1.54, 1.807) is 6.07 Å². The van der Waals surface area contributed by atoms with E-state index in [2.05, 4.69) is 15.9 Å². The summed E-state index contributed by atoms with van der Waals surface area (Å²) in [5, 5.41) is 9.21. The maximum Gasteiger partial charge on any atom is 0.0766 e. The lowest BCUT2D eigenvalue weighted by Crippen LogP contribution is -2.13. The molecule has 0 fully saturated rings. The predicted molar refractivity (Wildman–Crippen MR) is 52.8 cm³/mol. The largest absolute Gasteiger partial charge is 0.197 e. The van der Waals surface area contributed by atoms with E-state index in [1.807, 2.05) is 0 Å². The molecule has 0 radical (unpaired) electrons. The third-order valence-electron chi connectivity index (χ3n) is 1.43. The summed E-state index contributed by atoms with van der Waals surface area (Å²) >= 11 is 3.14. The van der Waals surface area contributed by atoms with Crippen molar-refractivity contribution in [2.45, 2.75) is 19.1 Å². The van der Waals surface area contributed by atoms with Crippen LogP contribution in [0, 0.1) is 11.3 Å². The maximum atomic E-state index is 9.21. The van der Waals surface area contributed by atoms with Gasteiger partial charge in [-0.15, -0.1) is 0 Å². The molecule has 0 aliphatic heterocycles. The molecular weight excluding hydrogens is 214 g/mol. The number of nitrogens with zero attached hydrogens (tertiary/aromatic N) is 1. The Kier molecular flexibility index (Phi) is 1.08. The number of hydrogen-bond donors (Lipinski definition) is 0. The fraction of sp³-hybridized carbons (Fsp3) is 0.300. The van der Waals surface area contributed by atoms with Crippen molar-refractivity contribution in [2.24, 2.45) is 0 Å². The molecular formula is C10H10BrN. The minimum atomic E-state index is -2.95. The van der Waals surface area contributed by atoms with Gasteiger partial charge in [0.25, 0.3) is 0 Å². The van der Waals surface area contributed by atoms with Crippen LogP contribution in [0.1, 0.15) is 27.5 Å². The van der Waals surface area contributed by atoms with Crippen LogP contribution >= 0.6 is 15.9 Å². The van der Waals surface area contributed by atoms with Crippen molar-refractivity contribution >= 4 is 15.9 Å². The second-order valence-corrected chi connectivity index (χ2v) is 3.29. The van der Waals surface area contributed by atoms with Crippen molar-refractivity contribution in [3.05, 3.63) is 34.3 Å². The zero-order valence-electron chi connectivity index (χ0n) is 12.1. The first-order valence-corrected chi connectivity index (χ1v) is 4.03. The van der Waals surface area contributed by atoms with Gasteiger partial charge in [-0.1, -0.05) is 28.1 Å². The highest BCUT2D eigenvalue weighted by Crippen LogP contribution is 2.24. The normalized spacial score (nSPS) is 20.3. The van der Waals surface area contributed by atoms with Gasteiger partial charge in [0.05, 0.1) is 11.5 Å². The lowest BCUT2D eigenvalue weighted by atomic mass is 9.87. The monoisotopic (exact) mass is 229 g/mol. The van der Waals surface area contributed by atoms with Crippen LogP contribution in [-0.2, 0) is 5.41 Å². The Morgan fingerprint density at radius 3 is 2.83 bits per heavy atom. The van der Waals surface area contributed by atoms with Gasteiger partial charge < -0.3 is 0 Å². The molecule has 62 valence electrons. The smallest absolute Gasteiger partial charge is 0.0766 e. The third kappa shape index (κ3) is 1.86. The Bertz CT molecular complexity index is 470. The molecule has 0 saturated heterocycles. The fourth-order valence-electron chi connectivity index (χ4n) is 0.786. The Labute approximate surface area is 89.6 Å². The summed E-state index contributed by atoms with van der Waals surface area (Å²) in [4.78, 5) is 0. The van der Waals surface area contributed by atoms with Gasteiger partial charge in [-0.25, -0.2) is 0 Å². The van der Waals surface area contributed by atoms with Gasteiger partial charge in [0.2, 0.25) is 0 Å². The zero-order valence-corrected chi connectivity index (χ0v) is 7.72. The third-order valence-corrected chi connectivity index (χ3v) is 1.92. The summed E-state index contributed by atoms with van der Waals surface area (Å²) < 4.78 is 45.1. The first kappa shape index (κ1) is 3.93. The standard InChI is InChI=1S/C10H10BrN/c1-10(2,7-12)8-4-3-5-9(11)6-8/h3-6H,1-2H3/i1D3,2D3. The molecule has 0 saturated carbocycles. The molecule has 0 unspecified atom stereocenters. The van der Waals surface area contributed by atoms with Gasteiger partial charge >= 0.3 is 0 Å². The topological polar surface area (TPSA) is 23.8 Å². The highest BCUT2D eigenvalue weighted by atomic mass is 79.9. The van der Waals surface area contributed by atoms with E-state index in [-0.39, 0.29) is 5.56 Å². The fourth-order valence-corrected chi connectivity index (χ4v) is 1.19. The van der Waals surface area contributed by atoms with Crippen LogP contribution in [0.25, 0.3) is 0 Å². The minimum Gasteiger partial charge on any atom is -0.197 e. The van der Waals surface area contributed by atoms with E-state index >= 15 is 0 Å². The molecule has 1 aromatic rings. The van der Waals surface area contributed by atoms with Crippen molar-refractivity contribution in [3.8, 4) is 6.07 Å². The summed E-state index contributed by atoms with van der Waals surface area (Å²) in [6.07, 6.45) is 0. The zero-order chi connectivity index (χ0) is 14.2. The van der Waals surface area contributed by atoms with Gasteiger partial charge in [-0.3, -0.25) is 0 Å². The average molecular weight is 230 g/mol. The van der Waals surface area contributed by atoms with E-state index < -0.39 is 19.1 Å². The van der Waals surface area contributed by atoms with Gasteiger partial charge in [0.1, 0.15) is 0 Å². The lowest BCUT2D eigenvalue weighted by molar-refractivity contribution is 0.686. The average Bonchev–Trinajstić information content (AvgIpc) is 2.14. The van der Waals surface area contributed by atoms with E-state index in [9.17, 15) is 5.26 Å². The first-order chi connectivity index (χ1) is 8.06. The highest BCUT2D eigenvalue weighted by molar-refractivity contribution is 9.10. The van der Waals surface area contributed by atoms with Crippen LogP contribution in [-0.4, -0.2) is 0 Å². The number of rotatable bonds is 1. The summed E-state index contributed by atoms with van der Waals surface area (Å²) in [5.74, 6) is 0. The summed E-state index contributed by atoms with van der Waals surface area (Å²) in [7, 11) is 0. The second-order valence-electron chi connectivity index (χ2n) is 2.37. The molecule has 1 nitrogen and oxygen atoms in total. The SMILES string of the molecule is [2H]C([2H])([2H])C(C#N)(c1cccc(Br)c1)C([2H])([2H])[2H]. The van der Waals surface area contributed by atoms with Crippen LogP contribution in [0.3, 0.4) is 0 Å².